The van der Waals surface area contributed by atoms with Crippen LogP contribution in [-0.2, 0) is 4.79 Å². The first-order valence-electron chi connectivity index (χ1n) is 7.18. The minimum atomic E-state index is -0.287. The Morgan fingerprint density at radius 3 is 2.71 bits per heavy atom. The van der Waals surface area contributed by atoms with E-state index in [0.29, 0.717) is 17.0 Å². The summed E-state index contributed by atoms with van der Waals surface area (Å²) in [5.74, 6) is 0.110. The molecule has 2 aromatic carbocycles. The van der Waals surface area contributed by atoms with Gasteiger partial charge in [-0.15, -0.1) is 11.3 Å². The zero-order valence-corrected chi connectivity index (χ0v) is 13.4. The Morgan fingerprint density at radius 2 is 2.00 bits per heavy atom. The summed E-state index contributed by atoms with van der Waals surface area (Å²) in [6.07, 6.45) is 1.76. The summed E-state index contributed by atoms with van der Waals surface area (Å²) in [4.78, 5) is 16.2. The third-order valence-corrected chi connectivity index (χ3v) is 4.04. The van der Waals surface area contributed by atoms with E-state index in [4.69, 9.17) is 10.00 Å². The molecular weight excluding hydrogens is 322 g/mol. The topological polar surface area (TPSA) is 75.0 Å². The molecule has 0 aliphatic carbocycles. The zero-order valence-electron chi connectivity index (χ0n) is 12.6. The van der Waals surface area contributed by atoms with E-state index in [-0.39, 0.29) is 12.5 Å². The van der Waals surface area contributed by atoms with Gasteiger partial charge < -0.3 is 10.1 Å². The maximum Gasteiger partial charge on any atom is 0.262 e. The zero-order chi connectivity index (χ0) is 16.8. The van der Waals surface area contributed by atoms with Crippen molar-refractivity contribution >= 4 is 22.9 Å². The number of nitriles is 1. The first-order valence-corrected chi connectivity index (χ1v) is 8.06. The van der Waals surface area contributed by atoms with E-state index >= 15 is 0 Å². The quantitative estimate of drug-likeness (QED) is 0.771. The number of aromatic nitrogens is 1. The molecule has 0 atom stereocenters. The van der Waals surface area contributed by atoms with Crippen LogP contribution in [0.2, 0.25) is 0 Å². The predicted octanol–water partition coefficient (Wildman–Crippen LogP) is 3.70. The molecule has 0 radical (unpaired) electrons. The maximum atomic E-state index is 12.0. The lowest BCUT2D eigenvalue weighted by atomic mass is 10.2. The minimum absolute atomic E-state index is 0.160. The van der Waals surface area contributed by atoms with Gasteiger partial charge in [-0.25, -0.2) is 4.98 Å². The first-order chi connectivity index (χ1) is 11.8. The van der Waals surface area contributed by atoms with Crippen LogP contribution in [0.4, 0.5) is 5.69 Å². The normalized spacial score (nSPS) is 9.96. The van der Waals surface area contributed by atoms with Gasteiger partial charge in [0, 0.05) is 22.8 Å². The number of anilines is 1. The third-order valence-electron chi connectivity index (χ3n) is 3.21. The van der Waals surface area contributed by atoms with Crippen LogP contribution in [0.25, 0.3) is 10.6 Å². The van der Waals surface area contributed by atoms with Gasteiger partial charge in [-0.05, 0) is 36.4 Å². The van der Waals surface area contributed by atoms with Crippen molar-refractivity contribution in [1.82, 2.24) is 4.98 Å². The Kier molecular flexibility index (Phi) is 4.84. The molecule has 6 heteroatoms. The molecule has 0 spiro atoms. The number of nitrogens with one attached hydrogen (secondary N) is 1. The molecular formula is C18H13N3O2S. The highest BCUT2D eigenvalue weighted by Crippen LogP contribution is 2.23. The number of hydrogen-bond donors (Lipinski definition) is 1. The van der Waals surface area contributed by atoms with Crippen LogP contribution in [0.5, 0.6) is 5.75 Å². The van der Waals surface area contributed by atoms with Gasteiger partial charge in [0.2, 0.25) is 0 Å². The van der Waals surface area contributed by atoms with Crippen molar-refractivity contribution in [2.24, 2.45) is 0 Å². The fourth-order valence-electron chi connectivity index (χ4n) is 2.09. The molecule has 1 aromatic heterocycles. The van der Waals surface area contributed by atoms with Crippen LogP contribution < -0.4 is 10.1 Å². The largest absolute Gasteiger partial charge is 0.482 e. The molecule has 118 valence electrons. The molecule has 3 rings (SSSR count). The molecule has 1 N–H and O–H groups in total. The van der Waals surface area contributed by atoms with Gasteiger partial charge in [-0.1, -0.05) is 12.1 Å². The fourth-order valence-corrected chi connectivity index (χ4v) is 2.73. The fraction of sp³-hybridized carbons (Fsp3) is 0.0556. The van der Waals surface area contributed by atoms with Gasteiger partial charge in [0.15, 0.2) is 6.61 Å². The van der Waals surface area contributed by atoms with Crippen LogP contribution in [0.15, 0.2) is 60.1 Å². The van der Waals surface area contributed by atoms with Crippen LogP contribution in [0.1, 0.15) is 5.56 Å². The predicted molar refractivity (Wildman–Crippen MR) is 92.8 cm³/mol. The second-order valence-electron chi connectivity index (χ2n) is 4.86. The number of carbonyl (C=O) groups is 1. The molecule has 1 amide bonds. The lowest BCUT2D eigenvalue weighted by molar-refractivity contribution is -0.118. The number of benzene rings is 2. The van der Waals surface area contributed by atoms with Crippen molar-refractivity contribution in [1.29, 1.82) is 5.26 Å². The molecule has 24 heavy (non-hydrogen) atoms. The summed E-state index contributed by atoms with van der Waals surface area (Å²) < 4.78 is 5.40. The van der Waals surface area contributed by atoms with Crippen LogP contribution in [0.3, 0.4) is 0 Å². The molecule has 0 aliphatic heterocycles. The molecule has 0 saturated heterocycles. The van der Waals surface area contributed by atoms with Crippen molar-refractivity contribution in [3.05, 3.63) is 65.7 Å². The number of hydrogen-bond acceptors (Lipinski definition) is 5. The Bertz CT molecular complexity index is 868. The highest BCUT2D eigenvalue weighted by Gasteiger charge is 2.07. The number of carbonyl (C=O) groups excluding carboxylic acids is 1. The summed E-state index contributed by atoms with van der Waals surface area (Å²) in [7, 11) is 0. The molecule has 0 fully saturated rings. The van der Waals surface area contributed by atoms with Gasteiger partial charge >= 0.3 is 0 Å². The molecule has 3 aromatic rings. The van der Waals surface area contributed by atoms with Crippen molar-refractivity contribution in [2.45, 2.75) is 0 Å². The van der Waals surface area contributed by atoms with Gasteiger partial charge in [-0.2, -0.15) is 5.26 Å². The van der Waals surface area contributed by atoms with Crippen molar-refractivity contribution in [3.8, 4) is 22.4 Å². The molecule has 1 heterocycles. The van der Waals surface area contributed by atoms with Gasteiger partial charge in [0.25, 0.3) is 5.91 Å². The van der Waals surface area contributed by atoms with Gasteiger partial charge in [0.05, 0.1) is 5.56 Å². The summed E-state index contributed by atoms with van der Waals surface area (Å²) in [6.45, 7) is -0.160. The highest BCUT2D eigenvalue weighted by atomic mass is 32.1. The van der Waals surface area contributed by atoms with E-state index in [1.165, 1.54) is 0 Å². The Hall–Kier alpha value is -3.17. The minimum Gasteiger partial charge on any atom is -0.482 e. The van der Waals surface area contributed by atoms with Crippen LogP contribution in [-0.4, -0.2) is 17.5 Å². The average molecular weight is 335 g/mol. The molecule has 0 unspecified atom stereocenters. The summed E-state index contributed by atoms with van der Waals surface area (Å²) >= 11 is 1.56. The summed E-state index contributed by atoms with van der Waals surface area (Å²) in [6, 6.07) is 16.3. The second-order valence-corrected chi connectivity index (χ2v) is 5.75. The van der Waals surface area contributed by atoms with Crippen molar-refractivity contribution in [3.63, 3.8) is 0 Å². The van der Waals surface area contributed by atoms with E-state index in [1.807, 2.05) is 35.7 Å². The SMILES string of the molecule is N#Cc1ccccc1OCC(=O)Nc1ccc(-c2nccs2)cc1. The van der Waals surface area contributed by atoms with E-state index in [2.05, 4.69) is 10.3 Å². The second kappa shape index (κ2) is 7.40. The number of nitrogens with zero attached hydrogens (tertiary/aromatic N) is 2. The third kappa shape index (κ3) is 3.77. The number of rotatable bonds is 5. The smallest absolute Gasteiger partial charge is 0.262 e. The van der Waals surface area contributed by atoms with Gasteiger partial charge in [-0.3, -0.25) is 4.79 Å². The molecule has 0 aliphatic rings. The number of para-hydroxylation sites is 1. The van der Waals surface area contributed by atoms with E-state index in [9.17, 15) is 4.79 Å². The summed E-state index contributed by atoms with van der Waals surface area (Å²) in [5.41, 5.74) is 2.08. The van der Waals surface area contributed by atoms with E-state index in [1.54, 1.807) is 41.8 Å². The molecule has 0 saturated carbocycles. The Labute approximate surface area is 143 Å². The highest BCUT2D eigenvalue weighted by molar-refractivity contribution is 7.13. The lowest BCUT2D eigenvalue weighted by Crippen LogP contribution is -2.20. The molecule has 5 nitrogen and oxygen atoms in total. The van der Waals surface area contributed by atoms with E-state index < -0.39 is 0 Å². The summed E-state index contributed by atoms with van der Waals surface area (Å²) in [5, 5.41) is 14.6. The number of amides is 1. The number of thiazole rings is 1. The Morgan fingerprint density at radius 1 is 1.21 bits per heavy atom. The van der Waals surface area contributed by atoms with E-state index in [0.717, 1.165) is 10.6 Å². The first kappa shape index (κ1) is 15.7. The van der Waals surface area contributed by atoms with Gasteiger partial charge in [0.1, 0.15) is 16.8 Å². The average Bonchev–Trinajstić information content (AvgIpc) is 3.15. The maximum absolute atomic E-state index is 12.0. The Balaban J connectivity index is 1.58. The lowest BCUT2D eigenvalue weighted by Gasteiger charge is -2.08. The van der Waals surface area contributed by atoms with Crippen molar-refractivity contribution in [2.75, 3.05) is 11.9 Å². The van der Waals surface area contributed by atoms with Crippen molar-refractivity contribution < 1.29 is 9.53 Å². The number of ether oxygens (including phenoxy) is 1. The van der Waals surface area contributed by atoms with Crippen LogP contribution in [0, 0.1) is 11.3 Å². The standard InChI is InChI=1S/C18H13N3O2S/c19-11-14-3-1-2-4-16(14)23-12-17(22)21-15-7-5-13(6-8-15)18-20-9-10-24-18/h1-10H,12H2,(H,21,22). The monoisotopic (exact) mass is 335 g/mol. The molecule has 0 bridgehead atoms. The van der Waals surface area contributed by atoms with Crippen LogP contribution >= 0.6 is 11.3 Å².